The van der Waals surface area contributed by atoms with Crippen molar-refractivity contribution in [2.24, 2.45) is 5.16 Å². The normalized spacial score (nSPS) is 10.3. The van der Waals surface area contributed by atoms with Crippen LogP contribution in [0.4, 0.5) is 0 Å². The van der Waals surface area contributed by atoms with Gasteiger partial charge in [0.25, 0.3) is 0 Å². The van der Waals surface area contributed by atoms with Gasteiger partial charge in [-0.05, 0) is 30.2 Å². The SMILES string of the molecule is Cc1ccc(CON=Cc2ccc(C#N)cc2)cc1. The number of rotatable bonds is 4. The van der Waals surface area contributed by atoms with Crippen LogP contribution in [-0.4, -0.2) is 6.21 Å². The molecule has 0 fully saturated rings. The van der Waals surface area contributed by atoms with Gasteiger partial charge in [0.15, 0.2) is 0 Å². The lowest BCUT2D eigenvalue weighted by molar-refractivity contribution is 0.132. The summed E-state index contributed by atoms with van der Waals surface area (Å²) in [4.78, 5) is 5.22. The van der Waals surface area contributed by atoms with Crippen molar-refractivity contribution in [3.8, 4) is 6.07 Å². The van der Waals surface area contributed by atoms with Crippen molar-refractivity contribution >= 4 is 6.21 Å². The minimum absolute atomic E-state index is 0.451. The predicted octanol–water partition coefficient (Wildman–Crippen LogP) is 3.42. The van der Waals surface area contributed by atoms with Crippen LogP contribution in [0.25, 0.3) is 0 Å². The van der Waals surface area contributed by atoms with E-state index >= 15 is 0 Å². The molecule has 0 amide bonds. The van der Waals surface area contributed by atoms with Gasteiger partial charge in [-0.15, -0.1) is 0 Å². The summed E-state index contributed by atoms with van der Waals surface area (Å²) in [5.41, 5.74) is 3.85. The summed E-state index contributed by atoms with van der Waals surface area (Å²) in [6.07, 6.45) is 1.63. The second-order valence-electron chi connectivity index (χ2n) is 4.23. The highest BCUT2D eigenvalue weighted by atomic mass is 16.6. The van der Waals surface area contributed by atoms with E-state index in [9.17, 15) is 0 Å². The van der Waals surface area contributed by atoms with Crippen molar-refractivity contribution in [3.05, 3.63) is 70.8 Å². The maximum Gasteiger partial charge on any atom is 0.142 e. The number of nitriles is 1. The third-order valence-corrected chi connectivity index (χ3v) is 2.67. The topological polar surface area (TPSA) is 45.4 Å². The van der Waals surface area contributed by atoms with Gasteiger partial charge in [-0.25, -0.2) is 0 Å². The molecule has 0 aliphatic carbocycles. The van der Waals surface area contributed by atoms with Gasteiger partial charge in [0.2, 0.25) is 0 Å². The number of aryl methyl sites for hydroxylation is 1. The summed E-state index contributed by atoms with van der Waals surface area (Å²) in [5.74, 6) is 0. The van der Waals surface area contributed by atoms with Crippen molar-refractivity contribution < 1.29 is 4.84 Å². The van der Waals surface area contributed by atoms with E-state index in [0.29, 0.717) is 12.2 Å². The van der Waals surface area contributed by atoms with Crippen molar-refractivity contribution in [2.75, 3.05) is 0 Å². The molecule has 94 valence electrons. The Hall–Kier alpha value is -2.60. The number of hydrogen-bond donors (Lipinski definition) is 0. The average Bonchev–Trinajstić information content (AvgIpc) is 2.46. The van der Waals surface area contributed by atoms with Gasteiger partial charge in [0, 0.05) is 0 Å². The molecular weight excluding hydrogens is 236 g/mol. The first-order valence-electron chi connectivity index (χ1n) is 5.99. The molecule has 0 bridgehead atoms. The molecule has 0 unspecified atom stereocenters. The first-order chi connectivity index (χ1) is 9.28. The molecule has 0 aliphatic heterocycles. The van der Waals surface area contributed by atoms with E-state index in [1.165, 1.54) is 5.56 Å². The fourth-order valence-electron chi connectivity index (χ4n) is 1.54. The zero-order valence-corrected chi connectivity index (χ0v) is 10.7. The summed E-state index contributed by atoms with van der Waals surface area (Å²) in [6.45, 7) is 2.50. The molecule has 0 radical (unpaired) electrons. The Morgan fingerprint density at radius 2 is 1.79 bits per heavy atom. The molecule has 0 aliphatic rings. The van der Waals surface area contributed by atoms with Crippen molar-refractivity contribution in [3.63, 3.8) is 0 Å². The summed E-state index contributed by atoms with van der Waals surface area (Å²) >= 11 is 0. The highest BCUT2D eigenvalue weighted by Crippen LogP contribution is 2.05. The van der Waals surface area contributed by atoms with E-state index < -0.39 is 0 Å². The zero-order chi connectivity index (χ0) is 13.5. The Kier molecular flexibility index (Phi) is 4.30. The van der Waals surface area contributed by atoms with Crippen LogP contribution < -0.4 is 0 Å². The molecule has 0 spiro atoms. The van der Waals surface area contributed by atoms with Crippen LogP contribution in [0, 0.1) is 18.3 Å². The molecule has 19 heavy (non-hydrogen) atoms. The molecule has 0 N–H and O–H groups in total. The van der Waals surface area contributed by atoms with Gasteiger partial charge in [-0.3, -0.25) is 0 Å². The van der Waals surface area contributed by atoms with Gasteiger partial charge in [0.1, 0.15) is 6.61 Å². The Balaban J connectivity index is 1.86. The van der Waals surface area contributed by atoms with Gasteiger partial charge >= 0.3 is 0 Å². The zero-order valence-electron chi connectivity index (χ0n) is 10.7. The number of benzene rings is 2. The van der Waals surface area contributed by atoms with E-state index in [2.05, 4.69) is 11.2 Å². The summed E-state index contributed by atoms with van der Waals surface area (Å²) in [6, 6.07) is 17.4. The highest BCUT2D eigenvalue weighted by Gasteiger charge is 1.93. The van der Waals surface area contributed by atoms with Crippen molar-refractivity contribution in [2.45, 2.75) is 13.5 Å². The lowest BCUT2D eigenvalue weighted by Gasteiger charge is -2.00. The fourth-order valence-corrected chi connectivity index (χ4v) is 1.54. The lowest BCUT2D eigenvalue weighted by Crippen LogP contribution is -1.88. The van der Waals surface area contributed by atoms with Crippen LogP contribution in [-0.2, 0) is 11.4 Å². The van der Waals surface area contributed by atoms with Crippen LogP contribution in [0.5, 0.6) is 0 Å². The average molecular weight is 250 g/mol. The first kappa shape index (κ1) is 12.8. The fraction of sp³-hybridized carbons (Fsp3) is 0.125. The Morgan fingerprint density at radius 1 is 1.11 bits per heavy atom. The van der Waals surface area contributed by atoms with E-state index in [1.54, 1.807) is 18.3 Å². The number of oxime groups is 1. The summed E-state index contributed by atoms with van der Waals surface area (Å²) in [7, 11) is 0. The molecular formula is C16H14N2O. The minimum Gasteiger partial charge on any atom is -0.391 e. The third-order valence-electron chi connectivity index (χ3n) is 2.67. The van der Waals surface area contributed by atoms with Gasteiger partial charge in [-0.2, -0.15) is 5.26 Å². The third kappa shape index (κ3) is 3.97. The number of nitrogens with zero attached hydrogens (tertiary/aromatic N) is 2. The smallest absolute Gasteiger partial charge is 0.142 e. The molecule has 0 atom stereocenters. The molecule has 0 aromatic heterocycles. The van der Waals surface area contributed by atoms with E-state index in [1.807, 2.05) is 43.3 Å². The Morgan fingerprint density at radius 3 is 2.42 bits per heavy atom. The molecule has 2 aromatic carbocycles. The lowest BCUT2D eigenvalue weighted by atomic mass is 10.2. The van der Waals surface area contributed by atoms with Crippen LogP contribution in [0.2, 0.25) is 0 Å². The number of hydrogen-bond acceptors (Lipinski definition) is 3. The summed E-state index contributed by atoms with van der Waals surface area (Å²) in [5, 5.41) is 12.6. The van der Waals surface area contributed by atoms with Crippen molar-refractivity contribution in [1.29, 1.82) is 5.26 Å². The molecule has 2 aromatic rings. The van der Waals surface area contributed by atoms with Crippen LogP contribution in [0.15, 0.2) is 53.7 Å². The summed E-state index contributed by atoms with van der Waals surface area (Å²) < 4.78 is 0. The largest absolute Gasteiger partial charge is 0.391 e. The second kappa shape index (κ2) is 6.36. The van der Waals surface area contributed by atoms with Crippen molar-refractivity contribution in [1.82, 2.24) is 0 Å². The Bertz CT molecular complexity index is 592. The maximum absolute atomic E-state index is 8.68. The quantitative estimate of drug-likeness (QED) is 0.616. The molecule has 0 heterocycles. The molecule has 3 nitrogen and oxygen atoms in total. The van der Waals surface area contributed by atoms with Crippen LogP contribution in [0.1, 0.15) is 22.3 Å². The van der Waals surface area contributed by atoms with Gasteiger partial charge in [0.05, 0.1) is 17.8 Å². The molecule has 0 saturated heterocycles. The minimum atomic E-state index is 0.451. The van der Waals surface area contributed by atoms with E-state index in [-0.39, 0.29) is 0 Å². The predicted molar refractivity (Wildman–Crippen MR) is 74.7 cm³/mol. The van der Waals surface area contributed by atoms with Crippen LogP contribution >= 0.6 is 0 Å². The molecule has 0 saturated carbocycles. The van der Waals surface area contributed by atoms with Crippen LogP contribution in [0.3, 0.4) is 0 Å². The van der Waals surface area contributed by atoms with E-state index in [4.69, 9.17) is 10.1 Å². The maximum atomic E-state index is 8.68. The molecule has 3 heteroatoms. The van der Waals surface area contributed by atoms with Gasteiger partial charge < -0.3 is 4.84 Å². The molecule has 2 rings (SSSR count). The second-order valence-corrected chi connectivity index (χ2v) is 4.23. The highest BCUT2D eigenvalue weighted by molar-refractivity contribution is 5.79. The van der Waals surface area contributed by atoms with Gasteiger partial charge in [-0.1, -0.05) is 47.1 Å². The Labute approximate surface area is 112 Å². The standard InChI is InChI=1S/C16H14N2O/c1-13-2-4-16(5-3-13)12-19-18-11-15-8-6-14(10-17)7-9-15/h2-9,11H,12H2,1H3. The van der Waals surface area contributed by atoms with E-state index in [0.717, 1.165) is 11.1 Å². The monoisotopic (exact) mass is 250 g/mol. The first-order valence-corrected chi connectivity index (χ1v) is 5.99.